The van der Waals surface area contributed by atoms with E-state index in [2.05, 4.69) is 107 Å². The van der Waals surface area contributed by atoms with Crippen LogP contribution in [0.2, 0.25) is 0 Å². The van der Waals surface area contributed by atoms with Gasteiger partial charge in [-0.05, 0) is 143 Å². The van der Waals surface area contributed by atoms with Crippen LogP contribution in [0.15, 0.2) is 174 Å². The maximum Gasteiger partial charge on any atom is 0.360 e. The number of anilines is 4. The Hall–Kier alpha value is -11.2. The van der Waals surface area contributed by atoms with E-state index in [4.69, 9.17) is 37.6 Å². The van der Waals surface area contributed by atoms with Gasteiger partial charge >= 0.3 is 5.97 Å². The van der Waals surface area contributed by atoms with Crippen molar-refractivity contribution in [2.75, 3.05) is 30.0 Å². The minimum Gasteiger partial charge on any atom is -0.464 e. The van der Waals surface area contributed by atoms with Crippen molar-refractivity contribution in [2.24, 2.45) is 5.84 Å². The third-order valence-electron chi connectivity index (χ3n) is 15.3. The van der Waals surface area contributed by atoms with Crippen LogP contribution in [0.5, 0.6) is 0 Å². The molecule has 1 amide bonds. The van der Waals surface area contributed by atoms with Gasteiger partial charge in [-0.2, -0.15) is 0 Å². The fourth-order valence-electron chi connectivity index (χ4n) is 8.96. The van der Waals surface area contributed by atoms with E-state index in [1.807, 2.05) is 17.6 Å². The summed E-state index contributed by atoms with van der Waals surface area (Å²) in [4.78, 5) is 67.7. The SMILES string of the molecule is CC(=O)c1ccc(-c2nnc(-c3nc(-c4ccc(S(=O)(=O)C(C)C)cc4)cnc3N)o2)cc1.CC(C)S(=O)(=O)c1ccc(-c2cnc(N)c(C(=O)NN)n2)cc1.CCC(C)c1ccc(-c2nnc(-c3nc(-c4ccc(S(=O)(=O)C(C)C)cc4)cnc3N)o2)cc1.COC(=O)c1nc(Br)cnc1N. The number of sulfone groups is 3. The summed E-state index contributed by atoms with van der Waals surface area (Å²) in [6.45, 7) is 15.6. The Morgan fingerprint density at radius 3 is 1.18 bits per heavy atom. The Labute approximate surface area is 595 Å². The third-order valence-corrected chi connectivity index (χ3v) is 22.2. The van der Waals surface area contributed by atoms with Crippen LogP contribution in [0.3, 0.4) is 0 Å². The molecule has 0 saturated heterocycles. The molecule has 0 aliphatic carbocycles. The molecule has 0 bridgehead atoms. The van der Waals surface area contributed by atoms with E-state index >= 15 is 0 Å². The number of benzene rings is 5. The van der Waals surface area contributed by atoms with E-state index < -0.39 is 57.1 Å². The zero-order valence-electron chi connectivity index (χ0n) is 56.6. The second-order valence-electron chi connectivity index (χ2n) is 23.1. The van der Waals surface area contributed by atoms with Crippen LogP contribution in [0.25, 0.3) is 79.8 Å². The summed E-state index contributed by atoms with van der Waals surface area (Å²) in [5.41, 5.74) is 31.9. The van der Waals surface area contributed by atoms with Gasteiger partial charge in [-0.25, -0.2) is 75.8 Å². The van der Waals surface area contributed by atoms with E-state index in [9.17, 15) is 39.6 Å². The van der Waals surface area contributed by atoms with Crippen molar-refractivity contribution in [1.82, 2.24) is 65.7 Å². The van der Waals surface area contributed by atoms with Gasteiger partial charge in [-0.15, -0.1) is 20.4 Å². The van der Waals surface area contributed by atoms with Crippen LogP contribution in [0.1, 0.15) is 112 Å². The number of nitrogens with one attached hydrogen (secondary N) is 1. The van der Waals surface area contributed by atoms with Gasteiger partial charge in [0, 0.05) is 33.4 Å². The van der Waals surface area contributed by atoms with Gasteiger partial charge in [0.15, 0.2) is 81.3 Å². The lowest BCUT2D eigenvalue weighted by molar-refractivity contribution is 0.0594. The molecule has 5 aromatic carbocycles. The molecule has 11 N–H and O–H groups in total. The van der Waals surface area contributed by atoms with E-state index in [1.54, 1.807) is 114 Å². The first-order valence-electron chi connectivity index (χ1n) is 31.0. The number of nitrogen functional groups attached to an aromatic ring is 5. The fraction of sp³-hybridized carbons (Fsp3) is 0.221. The second-order valence-corrected chi connectivity index (χ2v) is 31.4. The van der Waals surface area contributed by atoms with Crippen LogP contribution < -0.4 is 34.2 Å². The number of hydrogen-bond acceptors (Lipinski definition) is 29. The largest absolute Gasteiger partial charge is 0.464 e. The number of aromatic nitrogens is 12. The Bertz CT molecular complexity index is 5190. The first-order valence-corrected chi connectivity index (χ1v) is 36.4. The topological polar surface area (TPSA) is 486 Å². The molecule has 1 atom stereocenters. The number of hydrazine groups is 1. The van der Waals surface area contributed by atoms with Crippen molar-refractivity contribution in [3.63, 3.8) is 0 Å². The molecule has 0 fully saturated rings. The minimum absolute atomic E-state index is 0.0203. The van der Waals surface area contributed by atoms with E-state index in [-0.39, 0.29) is 84.2 Å². The highest BCUT2D eigenvalue weighted by Gasteiger charge is 2.25. The number of hydrogen-bond donors (Lipinski definition) is 6. The Morgan fingerprint density at radius 1 is 0.471 bits per heavy atom. The number of ether oxygens (including phenoxy) is 1. The monoisotopic (exact) mass is 1510 g/mol. The minimum atomic E-state index is -3.37. The molecule has 0 aliphatic heterocycles. The molecule has 530 valence electrons. The van der Waals surface area contributed by atoms with Crippen molar-refractivity contribution in [2.45, 2.75) is 105 Å². The van der Waals surface area contributed by atoms with Gasteiger partial charge in [0.2, 0.25) is 11.8 Å². The predicted molar refractivity (Wildman–Crippen MR) is 386 cm³/mol. The number of amides is 1. The number of Topliss-reactive ketones (excluding diaryl/α,β-unsaturated/α-hetero) is 1. The van der Waals surface area contributed by atoms with Crippen LogP contribution in [0, 0.1) is 0 Å². The lowest BCUT2D eigenvalue weighted by atomic mass is 9.98. The smallest absolute Gasteiger partial charge is 0.360 e. The number of ketones is 1. The number of methoxy groups -OCH3 is 1. The highest BCUT2D eigenvalue weighted by atomic mass is 79.9. The number of carbonyl (C=O) groups excluding carboxylic acids is 3. The molecule has 0 saturated carbocycles. The number of halogens is 1. The molecule has 102 heavy (non-hydrogen) atoms. The molecule has 30 nitrogen and oxygen atoms in total. The van der Waals surface area contributed by atoms with Crippen LogP contribution in [-0.2, 0) is 34.2 Å². The number of esters is 1. The number of rotatable bonds is 18. The van der Waals surface area contributed by atoms with Crippen molar-refractivity contribution in [3.8, 4) is 79.8 Å². The van der Waals surface area contributed by atoms with Crippen LogP contribution in [-0.4, -0.2) is 126 Å². The van der Waals surface area contributed by atoms with Crippen molar-refractivity contribution in [1.29, 1.82) is 0 Å². The van der Waals surface area contributed by atoms with Crippen molar-refractivity contribution >= 4 is 86.4 Å². The number of nitrogens with two attached hydrogens (primary N) is 5. The molecule has 6 heterocycles. The summed E-state index contributed by atoms with van der Waals surface area (Å²) in [6, 6.07) is 33.9. The first-order chi connectivity index (χ1) is 48.3. The molecule has 6 aromatic heterocycles. The average Bonchev–Trinajstić information content (AvgIpc) is 1.27. The van der Waals surface area contributed by atoms with Gasteiger partial charge in [-0.3, -0.25) is 15.0 Å². The average molecular weight is 1510 g/mol. The molecule has 0 aliphatic rings. The van der Waals surface area contributed by atoms with E-state index in [1.165, 1.54) is 68.6 Å². The van der Waals surface area contributed by atoms with Crippen molar-refractivity contribution < 1.29 is 53.2 Å². The van der Waals surface area contributed by atoms with Crippen LogP contribution >= 0.6 is 15.9 Å². The highest BCUT2D eigenvalue weighted by Crippen LogP contribution is 2.33. The summed E-state index contributed by atoms with van der Waals surface area (Å²) in [5, 5.41) is 14.8. The summed E-state index contributed by atoms with van der Waals surface area (Å²) in [5.74, 6) is 5.39. The summed E-state index contributed by atoms with van der Waals surface area (Å²) < 4.78 is 90.1. The molecule has 11 aromatic rings. The quantitative estimate of drug-likeness (QED) is 0.0153. The summed E-state index contributed by atoms with van der Waals surface area (Å²) >= 11 is 3.06. The maximum atomic E-state index is 12.4. The van der Waals surface area contributed by atoms with E-state index in [0.717, 1.165) is 12.0 Å². The number of nitrogens with zero attached hydrogens (tertiary/aromatic N) is 12. The van der Waals surface area contributed by atoms with E-state index in [0.29, 0.717) is 61.3 Å². The molecular weight excluding hydrogens is 1440 g/mol. The molecule has 1 unspecified atom stereocenters. The lowest BCUT2D eigenvalue weighted by Crippen LogP contribution is -2.31. The predicted octanol–water partition coefficient (Wildman–Crippen LogP) is 10.1. The van der Waals surface area contributed by atoms with Gasteiger partial charge < -0.3 is 36.5 Å². The van der Waals surface area contributed by atoms with Crippen LogP contribution in [0.4, 0.5) is 23.3 Å². The molecular formula is C68H71BrN18O12S3. The summed E-state index contributed by atoms with van der Waals surface area (Å²) in [7, 11) is -8.82. The Kier molecular flexibility index (Phi) is 24.7. The lowest BCUT2D eigenvalue weighted by Gasteiger charge is -2.09. The first kappa shape index (κ1) is 76.6. The Balaban J connectivity index is 0.000000182. The van der Waals surface area contributed by atoms with Crippen molar-refractivity contribution in [3.05, 3.63) is 173 Å². The molecule has 34 heteroatoms. The normalized spacial score (nSPS) is 11.7. The zero-order chi connectivity index (χ0) is 74.5. The standard InChI is InChI=1S/C25H27N5O3S.C23H21N5O4S.C14H17N5O3S.C6H6BrN3O2/c1-5-16(4)17-6-8-19(9-7-17)24-29-30-25(33-24)22-23(26)27-14-21(28-22)18-10-12-20(13-11-18)34(31,32)15(2)3;1-13(2)33(30,31)18-10-8-16(9-11-18)19-12-25-21(24)20(26-19)23-28-27-22(32-23)17-6-4-15(5-7-17)14(3)29;1-8(2)23(21,22)10-5-3-9(4-6-10)11-7-17-13(15)12(18-11)14(20)19-16;1-12-6(11)4-5(8)9-2-3(7)10-4/h6-16H,5H2,1-4H3,(H2,26,27);4-13H,1-3H3,(H2,24,25);3-8H,16H2,1-2H3,(H2,15,17)(H,19,20);2H,1H3,(H2,8,9). The van der Waals surface area contributed by atoms with Gasteiger partial charge in [0.05, 0.1) is 79.4 Å². The van der Waals surface area contributed by atoms with Gasteiger partial charge in [-0.1, -0.05) is 74.5 Å². The third kappa shape index (κ3) is 18.0. The molecule has 0 radical (unpaired) electrons. The maximum absolute atomic E-state index is 12.4. The Morgan fingerprint density at radius 2 is 0.814 bits per heavy atom. The zero-order valence-corrected chi connectivity index (χ0v) is 60.7. The molecule has 11 rings (SSSR count). The molecule has 0 spiro atoms. The summed E-state index contributed by atoms with van der Waals surface area (Å²) in [6.07, 6.45) is 6.88. The second kappa shape index (κ2) is 32.9. The van der Waals surface area contributed by atoms with Gasteiger partial charge in [0.1, 0.15) is 4.60 Å². The van der Waals surface area contributed by atoms with Gasteiger partial charge in [0.25, 0.3) is 17.7 Å². The fourth-order valence-corrected chi connectivity index (χ4v) is 12.4. The highest BCUT2D eigenvalue weighted by molar-refractivity contribution is 9.10. The number of carbonyl (C=O) groups is 3.